The Kier molecular flexibility index (Phi) is 3.75. The van der Waals surface area contributed by atoms with Crippen LogP contribution >= 0.6 is 0 Å². The summed E-state index contributed by atoms with van der Waals surface area (Å²) < 4.78 is 13.3. The molecule has 2 aliphatic heterocycles. The van der Waals surface area contributed by atoms with E-state index in [1.807, 2.05) is 0 Å². The molecule has 128 valence electrons. The minimum atomic E-state index is -0.431. The van der Waals surface area contributed by atoms with Crippen LogP contribution in [0.4, 0.5) is 15.8 Å². The molecule has 3 fully saturated rings. The molecule has 3 aliphatic rings. The van der Waals surface area contributed by atoms with Gasteiger partial charge >= 0.3 is 0 Å². The lowest BCUT2D eigenvalue weighted by atomic mass is 9.71. The van der Waals surface area contributed by atoms with Crippen molar-refractivity contribution >= 4 is 17.2 Å². The first-order valence-corrected chi connectivity index (χ1v) is 8.35. The molecule has 1 saturated carbocycles. The van der Waals surface area contributed by atoms with Crippen LogP contribution in [0.25, 0.3) is 0 Å². The molecule has 2 saturated heterocycles. The molecule has 5 nitrogen and oxygen atoms in total. The highest BCUT2D eigenvalue weighted by molar-refractivity contribution is 5.86. The summed E-state index contributed by atoms with van der Waals surface area (Å²) in [5.74, 6) is -0.177. The lowest BCUT2D eigenvalue weighted by molar-refractivity contribution is -0.384. The van der Waals surface area contributed by atoms with Crippen molar-refractivity contribution in [1.82, 2.24) is 0 Å². The van der Waals surface area contributed by atoms with E-state index in [9.17, 15) is 19.3 Å². The van der Waals surface area contributed by atoms with Gasteiger partial charge in [0.15, 0.2) is 0 Å². The standard InChI is InChI=1S/C19H17FN2O3/c20-13-3-7-14(8-4-13)21-16-9-10-17(18(23)11-16)19(21)12-1-5-15(6-2-12)22(24)25/h1-8,16-17,19H,9-11H2/t16-,17+,19-/m0/s1. The number of benzene rings is 2. The molecular formula is C19H17FN2O3. The van der Waals surface area contributed by atoms with Crippen LogP contribution in [-0.4, -0.2) is 16.7 Å². The zero-order valence-corrected chi connectivity index (χ0v) is 13.5. The van der Waals surface area contributed by atoms with Gasteiger partial charge in [0.05, 0.1) is 11.0 Å². The number of nitro groups is 1. The van der Waals surface area contributed by atoms with Crippen molar-refractivity contribution in [2.75, 3.05) is 4.90 Å². The molecule has 2 heterocycles. The number of carbonyl (C=O) groups is 1. The fourth-order valence-corrected chi connectivity index (χ4v) is 4.18. The molecule has 2 bridgehead atoms. The van der Waals surface area contributed by atoms with Gasteiger partial charge in [-0.3, -0.25) is 14.9 Å². The third kappa shape index (κ3) is 2.67. The minimum absolute atomic E-state index is 0.0318. The highest BCUT2D eigenvalue weighted by Crippen LogP contribution is 2.48. The number of nitro benzene ring substituents is 1. The molecule has 0 unspecified atom stereocenters. The first kappa shape index (κ1) is 15.7. The number of ketones is 1. The van der Waals surface area contributed by atoms with Crippen molar-refractivity contribution in [2.24, 2.45) is 5.92 Å². The zero-order valence-electron chi connectivity index (χ0n) is 13.5. The van der Waals surface area contributed by atoms with Crippen LogP contribution in [0.1, 0.15) is 30.9 Å². The number of rotatable bonds is 3. The van der Waals surface area contributed by atoms with E-state index in [0.29, 0.717) is 6.42 Å². The van der Waals surface area contributed by atoms with E-state index >= 15 is 0 Å². The van der Waals surface area contributed by atoms with Crippen LogP contribution < -0.4 is 4.90 Å². The number of nitrogens with zero attached hydrogens (tertiary/aromatic N) is 2. The van der Waals surface area contributed by atoms with E-state index in [0.717, 1.165) is 24.1 Å². The van der Waals surface area contributed by atoms with Gasteiger partial charge in [-0.05, 0) is 42.7 Å². The molecule has 3 atom stereocenters. The van der Waals surface area contributed by atoms with Gasteiger partial charge in [0, 0.05) is 36.2 Å². The summed E-state index contributed by atoms with van der Waals surface area (Å²) >= 11 is 0. The monoisotopic (exact) mass is 340 g/mol. The number of non-ortho nitro benzene ring substituents is 1. The summed E-state index contributed by atoms with van der Waals surface area (Å²) in [6, 6.07) is 12.7. The number of hydrogen-bond donors (Lipinski definition) is 0. The van der Waals surface area contributed by atoms with Crippen molar-refractivity contribution < 1.29 is 14.1 Å². The van der Waals surface area contributed by atoms with Gasteiger partial charge in [-0.15, -0.1) is 0 Å². The second-order valence-corrected chi connectivity index (χ2v) is 6.69. The Morgan fingerprint density at radius 1 is 1.04 bits per heavy atom. The average molecular weight is 340 g/mol. The highest BCUT2D eigenvalue weighted by Gasteiger charge is 2.47. The van der Waals surface area contributed by atoms with Crippen LogP contribution in [0.15, 0.2) is 48.5 Å². The number of anilines is 1. The first-order valence-electron chi connectivity index (χ1n) is 8.35. The summed E-state index contributed by atoms with van der Waals surface area (Å²) in [6.45, 7) is 0. The van der Waals surface area contributed by atoms with E-state index in [-0.39, 0.29) is 35.3 Å². The van der Waals surface area contributed by atoms with E-state index in [1.54, 1.807) is 24.3 Å². The molecule has 0 spiro atoms. The Bertz CT molecular complexity index is 820. The first-order chi connectivity index (χ1) is 12.0. The fraction of sp³-hybridized carbons (Fsp3) is 0.316. The van der Waals surface area contributed by atoms with Gasteiger partial charge in [-0.25, -0.2) is 4.39 Å². The Morgan fingerprint density at radius 2 is 1.72 bits per heavy atom. The van der Waals surface area contributed by atoms with Crippen LogP contribution in [0.5, 0.6) is 0 Å². The second-order valence-electron chi connectivity index (χ2n) is 6.69. The van der Waals surface area contributed by atoms with E-state index in [4.69, 9.17) is 0 Å². The second kappa shape index (κ2) is 5.95. The smallest absolute Gasteiger partial charge is 0.269 e. The predicted molar refractivity (Wildman–Crippen MR) is 90.9 cm³/mol. The molecular weight excluding hydrogens is 323 g/mol. The Labute approximate surface area is 144 Å². The number of carbonyl (C=O) groups excluding carboxylic acids is 1. The van der Waals surface area contributed by atoms with Crippen LogP contribution in [0, 0.1) is 21.8 Å². The van der Waals surface area contributed by atoms with Crippen molar-refractivity contribution in [3.63, 3.8) is 0 Å². The largest absolute Gasteiger partial charge is 0.360 e. The molecule has 0 N–H and O–H groups in total. The maximum Gasteiger partial charge on any atom is 0.269 e. The number of piperidine rings is 2. The Balaban J connectivity index is 1.76. The molecule has 1 aliphatic carbocycles. The average Bonchev–Trinajstić information content (AvgIpc) is 2.62. The molecule has 0 amide bonds. The normalized spacial score (nSPS) is 25.2. The Hall–Kier alpha value is -2.76. The minimum Gasteiger partial charge on any atom is -0.360 e. The number of fused-ring (bicyclic) bond motifs is 3. The van der Waals surface area contributed by atoms with E-state index in [1.165, 1.54) is 24.3 Å². The predicted octanol–water partition coefficient (Wildman–Crippen LogP) is 4.03. The number of hydrogen-bond acceptors (Lipinski definition) is 4. The highest BCUT2D eigenvalue weighted by atomic mass is 19.1. The molecule has 0 aromatic heterocycles. The third-order valence-corrected chi connectivity index (χ3v) is 5.31. The SMILES string of the molecule is O=C1C[C@@H]2CC[C@H]1[C@H](c1ccc([N+](=O)[O-])cc1)N2c1ccc(F)cc1. The van der Waals surface area contributed by atoms with E-state index in [2.05, 4.69) is 4.90 Å². The third-order valence-electron chi connectivity index (χ3n) is 5.31. The van der Waals surface area contributed by atoms with Crippen molar-refractivity contribution in [1.29, 1.82) is 0 Å². The molecule has 2 aromatic carbocycles. The molecule has 6 heteroatoms. The van der Waals surface area contributed by atoms with Gasteiger partial charge in [-0.1, -0.05) is 12.1 Å². The fourth-order valence-electron chi connectivity index (χ4n) is 4.18. The number of Topliss-reactive ketones (excluding diaryl/α,β-unsaturated/α-hetero) is 1. The van der Waals surface area contributed by atoms with Crippen molar-refractivity contribution in [3.8, 4) is 0 Å². The van der Waals surface area contributed by atoms with Gasteiger partial charge in [0.1, 0.15) is 11.6 Å². The molecule has 5 rings (SSSR count). The topological polar surface area (TPSA) is 63.4 Å². The van der Waals surface area contributed by atoms with Crippen LogP contribution in [0.2, 0.25) is 0 Å². The zero-order chi connectivity index (χ0) is 17.6. The van der Waals surface area contributed by atoms with E-state index < -0.39 is 4.92 Å². The molecule has 2 aromatic rings. The van der Waals surface area contributed by atoms with Gasteiger partial charge in [0.2, 0.25) is 0 Å². The summed E-state index contributed by atoms with van der Waals surface area (Å²) in [5.41, 5.74) is 1.80. The van der Waals surface area contributed by atoms with Crippen molar-refractivity contribution in [3.05, 3.63) is 70.0 Å². The van der Waals surface area contributed by atoms with Crippen molar-refractivity contribution in [2.45, 2.75) is 31.3 Å². The summed E-state index contributed by atoms with van der Waals surface area (Å²) in [6.07, 6.45) is 2.26. The van der Waals surface area contributed by atoms with Gasteiger partial charge in [-0.2, -0.15) is 0 Å². The lowest BCUT2D eigenvalue weighted by Gasteiger charge is -2.52. The molecule has 25 heavy (non-hydrogen) atoms. The summed E-state index contributed by atoms with van der Waals surface area (Å²) in [4.78, 5) is 25.1. The number of halogens is 1. The summed E-state index contributed by atoms with van der Waals surface area (Å²) in [7, 11) is 0. The maximum atomic E-state index is 13.3. The van der Waals surface area contributed by atoms with Gasteiger partial charge in [0.25, 0.3) is 5.69 Å². The maximum absolute atomic E-state index is 13.3. The van der Waals surface area contributed by atoms with Crippen LogP contribution in [0.3, 0.4) is 0 Å². The van der Waals surface area contributed by atoms with Gasteiger partial charge < -0.3 is 4.90 Å². The van der Waals surface area contributed by atoms with Crippen LogP contribution in [-0.2, 0) is 4.79 Å². The molecule has 0 radical (unpaired) electrons. The summed E-state index contributed by atoms with van der Waals surface area (Å²) in [5, 5.41) is 10.9. The lowest BCUT2D eigenvalue weighted by Crippen LogP contribution is -2.54. The quantitative estimate of drug-likeness (QED) is 0.625. The Morgan fingerprint density at radius 3 is 2.32 bits per heavy atom.